The highest BCUT2D eigenvalue weighted by atomic mass is 16.4. The molecular formula is C9H8O2. The molecule has 0 saturated carbocycles. The van der Waals surface area contributed by atoms with Gasteiger partial charge in [0.2, 0.25) is 0 Å². The Bertz CT molecular complexity index is 347. The van der Waals surface area contributed by atoms with E-state index in [1.807, 2.05) is 6.08 Å². The third kappa shape index (κ3) is 1.11. The molecule has 0 fully saturated rings. The van der Waals surface area contributed by atoms with Crippen LogP contribution in [0.2, 0.25) is 0 Å². The normalized spacial score (nSPS) is 14.5. The average molecular weight is 148 g/mol. The first-order valence-corrected chi connectivity index (χ1v) is 3.66. The molecule has 1 aliphatic rings. The van der Waals surface area contributed by atoms with Crippen molar-refractivity contribution in [2.45, 2.75) is 12.8 Å². The molecular weight excluding hydrogens is 140 g/mol. The summed E-state index contributed by atoms with van der Waals surface area (Å²) in [6.07, 6.45) is 5.89. The highest BCUT2D eigenvalue weighted by Crippen LogP contribution is 2.15. The number of aryl methyl sites for hydroxylation is 1. The Balaban J connectivity index is 2.62. The SMILES string of the molecule is O=c1ccc2c(o1)CCC=C2. The molecule has 0 saturated heterocycles. The average Bonchev–Trinajstić information content (AvgIpc) is 2.04. The van der Waals surface area contributed by atoms with E-state index in [2.05, 4.69) is 6.08 Å². The van der Waals surface area contributed by atoms with Crippen LogP contribution in [-0.4, -0.2) is 0 Å². The second kappa shape index (κ2) is 2.38. The molecule has 1 aromatic rings. The molecule has 0 unspecified atom stereocenters. The van der Waals surface area contributed by atoms with Gasteiger partial charge in [0, 0.05) is 18.1 Å². The second-order valence-electron chi connectivity index (χ2n) is 2.57. The molecule has 2 heteroatoms. The van der Waals surface area contributed by atoms with Gasteiger partial charge >= 0.3 is 5.63 Å². The minimum Gasteiger partial charge on any atom is -0.427 e. The molecule has 2 rings (SSSR count). The van der Waals surface area contributed by atoms with Crippen molar-refractivity contribution < 1.29 is 4.42 Å². The fourth-order valence-electron chi connectivity index (χ4n) is 1.23. The van der Waals surface area contributed by atoms with Gasteiger partial charge in [-0.1, -0.05) is 12.2 Å². The van der Waals surface area contributed by atoms with E-state index in [1.165, 1.54) is 6.07 Å². The van der Waals surface area contributed by atoms with Crippen LogP contribution in [-0.2, 0) is 6.42 Å². The van der Waals surface area contributed by atoms with Gasteiger partial charge in [-0.3, -0.25) is 0 Å². The molecule has 0 amide bonds. The van der Waals surface area contributed by atoms with Crippen LogP contribution in [0.3, 0.4) is 0 Å². The molecule has 0 radical (unpaired) electrons. The van der Waals surface area contributed by atoms with E-state index in [9.17, 15) is 4.79 Å². The summed E-state index contributed by atoms with van der Waals surface area (Å²) < 4.78 is 4.99. The summed E-state index contributed by atoms with van der Waals surface area (Å²) in [6.45, 7) is 0. The van der Waals surface area contributed by atoms with E-state index in [1.54, 1.807) is 6.07 Å². The van der Waals surface area contributed by atoms with Crippen LogP contribution >= 0.6 is 0 Å². The van der Waals surface area contributed by atoms with Gasteiger partial charge in [0.05, 0.1) is 0 Å². The van der Waals surface area contributed by atoms with Gasteiger partial charge in [0.1, 0.15) is 5.76 Å². The standard InChI is InChI=1S/C9H8O2/c10-9-6-5-7-3-1-2-4-8(7)11-9/h1,3,5-6H,2,4H2. The van der Waals surface area contributed by atoms with E-state index in [-0.39, 0.29) is 5.63 Å². The summed E-state index contributed by atoms with van der Waals surface area (Å²) in [7, 11) is 0. The maximum atomic E-state index is 10.8. The summed E-state index contributed by atoms with van der Waals surface area (Å²) >= 11 is 0. The Morgan fingerprint density at radius 3 is 3.18 bits per heavy atom. The topological polar surface area (TPSA) is 30.2 Å². The predicted molar refractivity (Wildman–Crippen MR) is 42.3 cm³/mol. The van der Waals surface area contributed by atoms with Gasteiger partial charge in [0.15, 0.2) is 0 Å². The maximum Gasteiger partial charge on any atom is 0.335 e. The first kappa shape index (κ1) is 6.40. The molecule has 1 aliphatic carbocycles. The van der Waals surface area contributed by atoms with Crippen molar-refractivity contribution >= 4 is 6.08 Å². The molecule has 0 spiro atoms. The van der Waals surface area contributed by atoms with Gasteiger partial charge in [-0.25, -0.2) is 4.79 Å². The molecule has 2 nitrogen and oxygen atoms in total. The van der Waals surface area contributed by atoms with Crippen molar-refractivity contribution in [3.8, 4) is 0 Å². The second-order valence-corrected chi connectivity index (χ2v) is 2.57. The molecule has 1 heterocycles. The minimum atomic E-state index is -0.251. The lowest BCUT2D eigenvalue weighted by atomic mass is 10.1. The van der Waals surface area contributed by atoms with Gasteiger partial charge in [-0.05, 0) is 12.5 Å². The van der Waals surface area contributed by atoms with Crippen molar-refractivity contribution in [3.05, 3.63) is 40.0 Å². The van der Waals surface area contributed by atoms with Crippen LogP contribution in [0.5, 0.6) is 0 Å². The Morgan fingerprint density at radius 1 is 1.36 bits per heavy atom. The number of fused-ring (bicyclic) bond motifs is 1. The molecule has 0 aromatic carbocycles. The van der Waals surface area contributed by atoms with E-state index >= 15 is 0 Å². The highest BCUT2D eigenvalue weighted by Gasteiger charge is 2.05. The molecule has 0 N–H and O–H groups in total. The predicted octanol–water partition coefficient (Wildman–Crippen LogP) is 1.60. The quantitative estimate of drug-likeness (QED) is 0.559. The van der Waals surface area contributed by atoms with Gasteiger partial charge in [0.25, 0.3) is 0 Å². The summed E-state index contributed by atoms with van der Waals surface area (Å²) in [6, 6.07) is 3.26. The summed E-state index contributed by atoms with van der Waals surface area (Å²) in [5.74, 6) is 0.819. The zero-order valence-corrected chi connectivity index (χ0v) is 6.04. The van der Waals surface area contributed by atoms with E-state index in [0.29, 0.717) is 0 Å². The molecule has 0 aliphatic heterocycles. The lowest BCUT2D eigenvalue weighted by Gasteiger charge is -2.05. The van der Waals surface area contributed by atoms with Crippen molar-refractivity contribution in [2.24, 2.45) is 0 Å². The van der Waals surface area contributed by atoms with E-state index in [4.69, 9.17) is 4.42 Å². The van der Waals surface area contributed by atoms with Crippen LogP contribution in [0.15, 0.2) is 27.4 Å². The Morgan fingerprint density at radius 2 is 2.27 bits per heavy atom. The third-order valence-electron chi connectivity index (χ3n) is 1.78. The Labute approximate surface area is 64.2 Å². The van der Waals surface area contributed by atoms with Gasteiger partial charge in [-0.2, -0.15) is 0 Å². The Kier molecular flexibility index (Phi) is 1.39. The zero-order chi connectivity index (χ0) is 7.68. The molecule has 11 heavy (non-hydrogen) atoms. The van der Waals surface area contributed by atoms with Crippen LogP contribution in [0.4, 0.5) is 0 Å². The lowest BCUT2D eigenvalue weighted by molar-refractivity contribution is 0.456. The van der Waals surface area contributed by atoms with Crippen molar-refractivity contribution in [1.82, 2.24) is 0 Å². The minimum absolute atomic E-state index is 0.251. The van der Waals surface area contributed by atoms with Crippen LogP contribution in [0.25, 0.3) is 6.08 Å². The van der Waals surface area contributed by atoms with E-state index in [0.717, 1.165) is 24.2 Å². The number of hydrogen-bond donors (Lipinski definition) is 0. The molecule has 0 atom stereocenters. The summed E-state index contributed by atoms with van der Waals surface area (Å²) in [5.41, 5.74) is 0.787. The van der Waals surface area contributed by atoms with Crippen LogP contribution in [0.1, 0.15) is 17.7 Å². The fourth-order valence-corrected chi connectivity index (χ4v) is 1.23. The van der Waals surface area contributed by atoms with Crippen LogP contribution in [0, 0.1) is 0 Å². The smallest absolute Gasteiger partial charge is 0.335 e. The third-order valence-corrected chi connectivity index (χ3v) is 1.78. The number of hydrogen-bond acceptors (Lipinski definition) is 2. The first-order valence-electron chi connectivity index (χ1n) is 3.66. The van der Waals surface area contributed by atoms with Crippen molar-refractivity contribution in [1.29, 1.82) is 0 Å². The Hall–Kier alpha value is -1.31. The molecule has 1 aromatic heterocycles. The zero-order valence-electron chi connectivity index (χ0n) is 6.04. The van der Waals surface area contributed by atoms with Crippen LogP contribution < -0.4 is 5.63 Å². The van der Waals surface area contributed by atoms with Crippen molar-refractivity contribution in [3.63, 3.8) is 0 Å². The van der Waals surface area contributed by atoms with Gasteiger partial charge < -0.3 is 4.42 Å². The van der Waals surface area contributed by atoms with Crippen molar-refractivity contribution in [2.75, 3.05) is 0 Å². The largest absolute Gasteiger partial charge is 0.427 e. The highest BCUT2D eigenvalue weighted by molar-refractivity contribution is 5.52. The number of allylic oxidation sites excluding steroid dienone is 1. The summed E-state index contributed by atoms with van der Waals surface area (Å²) in [5, 5.41) is 0. The molecule has 56 valence electrons. The lowest BCUT2D eigenvalue weighted by Crippen LogP contribution is -2.02. The molecule has 0 bridgehead atoms. The maximum absolute atomic E-state index is 10.8. The van der Waals surface area contributed by atoms with Gasteiger partial charge in [-0.15, -0.1) is 0 Å². The summed E-state index contributed by atoms with van der Waals surface area (Å²) in [4.78, 5) is 10.8. The number of rotatable bonds is 0. The monoisotopic (exact) mass is 148 g/mol. The fraction of sp³-hybridized carbons (Fsp3) is 0.222. The first-order chi connectivity index (χ1) is 5.36. The van der Waals surface area contributed by atoms with E-state index < -0.39 is 0 Å².